The summed E-state index contributed by atoms with van der Waals surface area (Å²) >= 11 is 21.0. The molecule has 39 heteroatoms. The minimum atomic E-state index is -0.911. The van der Waals surface area contributed by atoms with E-state index in [9.17, 15) is 87.2 Å². The molecular formula is C106H194Cl4N10O25. The summed E-state index contributed by atoms with van der Waals surface area (Å²) in [6, 6.07) is 0. The van der Waals surface area contributed by atoms with E-state index < -0.39 is 52.1 Å². The molecule has 4 saturated heterocycles. The van der Waals surface area contributed by atoms with Crippen LogP contribution in [0, 0.1) is 88.8 Å². The second-order valence-corrected chi connectivity index (χ2v) is 46.8. The van der Waals surface area contributed by atoms with Crippen molar-refractivity contribution in [3.05, 3.63) is 0 Å². The molecule has 0 bridgehead atoms. The Balaban J connectivity index is -0.00000162. The predicted octanol–water partition coefficient (Wildman–Crippen LogP) is 13.0. The lowest BCUT2D eigenvalue weighted by Gasteiger charge is -2.31. The van der Waals surface area contributed by atoms with Crippen LogP contribution in [-0.2, 0) is 95.5 Å². The second-order valence-electron chi connectivity index (χ2n) is 45.5. The molecule has 4 unspecified atom stereocenters. The Bertz CT molecular complexity index is 3630. The molecule has 0 aromatic heterocycles. The van der Waals surface area contributed by atoms with Crippen molar-refractivity contribution in [1.29, 1.82) is 0 Å². The first-order chi connectivity index (χ1) is 66.6. The fourth-order valence-corrected chi connectivity index (χ4v) is 17.1. The first kappa shape index (κ1) is 143. The van der Waals surface area contributed by atoms with Gasteiger partial charge in [-0.3, -0.25) is 67.1 Å². The third-order valence-corrected chi connectivity index (χ3v) is 24.4. The number of Topliss-reactive ketones (excluding diaryl/α,β-unsaturated/α-hetero) is 4. The van der Waals surface area contributed by atoms with Gasteiger partial charge in [-0.1, -0.05) is 62.8 Å². The fraction of sp³-hybridized carbons (Fsp3) is 0.858. The van der Waals surface area contributed by atoms with Crippen LogP contribution in [0.15, 0.2) is 0 Å². The number of alkyl halides is 3. The largest absolute Gasteiger partial charge is 0.460 e. The standard InChI is InChI=1S/2C20H35ClN2O5.C18H34N2O4.C13H24O3.C11H19NO3.3C6H11NO.C3H8O.C2H2Cl2O.CH4/c2*1-13(2)8-15(9-18(26)28-20(3,4)5)16(24)12-23(17(25)10-21)11-14-6-7-22-19(14)27;1-12(2)8-14(9-16(22)24-18(3,4)5)15(21)11-19-10-13-6-7-20-17(13)23;1-9(2)6-10(11-8-15-11)7-12(14)16-13(3,4)5;1-11(2,3)15-10(14)12-7-8-5-4-6-9(8)13;3*7-4-5-2-1-3-6(5)8;1-3(2)4;3-1-2(4)5;/h2*13-16,24H,6-12H2,1-5H3,(H,22,27);12-15,19,21H,6-11H2,1-5H3,(H,20,23);9-11H,6-8H2,1-5H3;8H,4-7H2,1-3H3,(H,12,14);3*5H,1-4,7H2;3-4H,1-2H3;1H2;1H4/t2*14-,15+,16?;13-,14+,15?;10-,11?;8-;3*5-;;;/m00010000.../s1. The number of hydrogen-bond acceptors (Lipinski definition) is 29. The molecule has 4 heterocycles. The van der Waals surface area contributed by atoms with E-state index in [2.05, 4.69) is 54.3 Å². The highest BCUT2D eigenvalue weighted by molar-refractivity contribution is 6.67. The van der Waals surface area contributed by atoms with Crippen molar-refractivity contribution in [3.63, 3.8) is 0 Å². The lowest BCUT2D eigenvalue weighted by Crippen LogP contribution is -2.45. The van der Waals surface area contributed by atoms with Crippen LogP contribution in [0.3, 0.4) is 0 Å². The highest BCUT2D eigenvalue weighted by Crippen LogP contribution is 2.33. The second kappa shape index (κ2) is 74.6. The van der Waals surface area contributed by atoms with Crippen molar-refractivity contribution < 1.29 is 121 Å². The normalized spacial score (nSPS) is 20.9. The van der Waals surface area contributed by atoms with Crippen LogP contribution in [0.5, 0.6) is 0 Å². The first-order valence-electron chi connectivity index (χ1n) is 52.0. The number of aliphatic hydroxyl groups is 4. The topological polar surface area (TPSA) is 540 Å². The summed E-state index contributed by atoms with van der Waals surface area (Å²) < 4.78 is 31.9. The van der Waals surface area contributed by atoms with E-state index in [0.29, 0.717) is 126 Å². The molecule has 0 aromatic rings. The molecule has 8 aliphatic rings. The number of rotatable bonds is 40. The number of halogens is 4. The highest BCUT2D eigenvalue weighted by atomic mass is 35.5. The first-order valence-corrected chi connectivity index (χ1v) is 54.0. The van der Waals surface area contributed by atoms with Crippen LogP contribution < -0.4 is 43.8 Å². The number of ketones is 4. The van der Waals surface area contributed by atoms with E-state index in [1.165, 1.54) is 9.80 Å². The SMILES string of the molecule is C.CC(C)(C)OC(=O)NC[C@@H]1CCCC1=O.CC(C)C[C@H](CC(=O)OC(C)(C)C)C(O)CN(C[C@@H]1CCNC1=O)C(=O)CCl.CC(C)C[C@H](CC(=O)OC(C)(C)C)C(O)CN(C[C@@H]1CCNC1=O)C(=O)CCl.CC(C)C[C@H](CC(=O)OC(C)(C)C)C(O)CNC[C@@H]1CCNC1=O.CC(C)C[C@H](CC(=O)OC(C)(C)C)C1CO1.CC(C)O.NC[C@@H]1CCCC1=O.NC[C@@H]1CCCC1=O.NC[C@@H]1CCCC1=O.O=C(Cl)CCl. The van der Waals surface area contributed by atoms with E-state index in [-0.39, 0.29) is 219 Å². The van der Waals surface area contributed by atoms with Gasteiger partial charge in [0.2, 0.25) is 34.8 Å². The van der Waals surface area contributed by atoms with Gasteiger partial charge in [0.15, 0.2) is 0 Å². The number of esters is 4. The summed E-state index contributed by atoms with van der Waals surface area (Å²) in [7, 11) is 0. The monoisotopic (exact) mass is 2150 g/mol. The van der Waals surface area contributed by atoms with Crippen LogP contribution in [0.1, 0.15) is 328 Å². The number of ether oxygens (including phenoxy) is 6. The Labute approximate surface area is 888 Å². The van der Waals surface area contributed by atoms with Crippen LogP contribution in [0.4, 0.5) is 4.79 Å². The van der Waals surface area contributed by atoms with Crippen molar-refractivity contribution in [3.8, 4) is 0 Å². The smallest absolute Gasteiger partial charge is 0.407 e. The van der Waals surface area contributed by atoms with Crippen LogP contribution in [-0.4, -0.2) is 286 Å². The quantitative estimate of drug-likeness (QED) is 0.00891. The highest BCUT2D eigenvalue weighted by Gasteiger charge is 2.39. The third-order valence-electron chi connectivity index (χ3n) is 23.4. The Hall–Kier alpha value is -6.35. The van der Waals surface area contributed by atoms with Gasteiger partial charge in [-0.15, -0.1) is 34.8 Å². The Morgan fingerprint density at radius 3 is 0.910 bits per heavy atom. The van der Waals surface area contributed by atoms with Crippen molar-refractivity contribution in [2.45, 2.75) is 387 Å². The summed E-state index contributed by atoms with van der Waals surface area (Å²) in [6.45, 7) is 53.7. The summed E-state index contributed by atoms with van der Waals surface area (Å²) in [6.07, 6.45) is 14.2. The van der Waals surface area contributed by atoms with Crippen molar-refractivity contribution in [2.24, 2.45) is 106 Å². The summed E-state index contributed by atoms with van der Waals surface area (Å²) in [5.41, 5.74) is 13.3. The Morgan fingerprint density at radius 2 is 0.683 bits per heavy atom. The number of alkyl carbamates (subject to hydrolysis) is 1. The van der Waals surface area contributed by atoms with E-state index in [0.717, 1.165) is 103 Å². The van der Waals surface area contributed by atoms with Gasteiger partial charge in [0.25, 0.3) is 0 Å². The summed E-state index contributed by atoms with van der Waals surface area (Å²) in [5.74, 6) is -0.0908. The van der Waals surface area contributed by atoms with Crippen LogP contribution in [0.2, 0.25) is 0 Å². The fourth-order valence-electron chi connectivity index (χ4n) is 16.7. The van der Waals surface area contributed by atoms with Gasteiger partial charge in [0.1, 0.15) is 62.9 Å². The maximum atomic E-state index is 12.3. The minimum Gasteiger partial charge on any atom is -0.460 e. The van der Waals surface area contributed by atoms with Gasteiger partial charge in [0, 0.05) is 141 Å². The van der Waals surface area contributed by atoms with Gasteiger partial charge >= 0.3 is 30.0 Å². The number of hydrogen-bond donors (Lipinski definition) is 12. The molecule has 8 fully saturated rings. The molecule has 8 rings (SSSR count). The van der Waals surface area contributed by atoms with Crippen LogP contribution in [0.25, 0.3) is 0 Å². The van der Waals surface area contributed by atoms with Crippen molar-refractivity contribution >= 4 is 134 Å². The molecule has 145 heavy (non-hydrogen) atoms. The zero-order valence-corrected chi connectivity index (χ0v) is 94.9. The number of amides is 6. The maximum absolute atomic E-state index is 12.3. The Kier molecular flexibility index (Phi) is 73.4. The zero-order chi connectivity index (χ0) is 111. The van der Waals surface area contributed by atoms with E-state index in [1.54, 1.807) is 55.4 Å². The van der Waals surface area contributed by atoms with Gasteiger partial charge in [-0.2, -0.15) is 0 Å². The minimum absolute atomic E-state index is 0. The molecule has 4 aliphatic carbocycles. The molecule has 15 N–H and O–H groups in total. The van der Waals surface area contributed by atoms with E-state index in [1.807, 2.05) is 90.0 Å². The lowest BCUT2D eigenvalue weighted by molar-refractivity contribution is -0.158. The molecule has 846 valence electrons. The van der Waals surface area contributed by atoms with Crippen molar-refractivity contribution in [2.75, 3.05) is 109 Å². The number of aliphatic hydroxyl groups excluding tert-OH is 4. The lowest BCUT2D eigenvalue weighted by atomic mass is 9.88. The predicted molar refractivity (Wildman–Crippen MR) is 569 cm³/mol. The maximum Gasteiger partial charge on any atom is 0.407 e. The summed E-state index contributed by atoms with van der Waals surface area (Å²) in [4.78, 5) is 175. The molecular weight excluding hydrogens is 1960 g/mol. The molecule has 0 aromatic carbocycles. The number of carbonyl (C=O) groups excluding carboxylic acids is 15. The average molecular weight is 2150 g/mol. The van der Waals surface area contributed by atoms with Crippen LogP contribution >= 0.6 is 46.4 Å². The third kappa shape index (κ3) is 72.7. The van der Waals surface area contributed by atoms with Gasteiger partial charge < -0.3 is 102 Å². The number of carbonyl (C=O) groups is 15. The molecule has 0 radical (unpaired) electrons. The van der Waals surface area contributed by atoms with E-state index in [4.69, 9.17) is 97.1 Å². The number of nitrogens with two attached hydrogens (primary N) is 3. The van der Waals surface area contributed by atoms with E-state index >= 15 is 0 Å². The van der Waals surface area contributed by atoms with Gasteiger partial charge in [-0.05, 0) is 273 Å². The average Bonchev–Trinajstić information content (AvgIpc) is 1.64. The Morgan fingerprint density at radius 1 is 0.407 bits per heavy atom. The zero-order valence-electron chi connectivity index (χ0n) is 91.8. The van der Waals surface area contributed by atoms with Crippen molar-refractivity contribution in [1.82, 2.24) is 36.4 Å². The molecule has 6 amide bonds. The van der Waals surface area contributed by atoms with Gasteiger partial charge in [0.05, 0.1) is 80.3 Å². The number of nitrogens with one attached hydrogen (secondary N) is 5. The van der Waals surface area contributed by atoms with Gasteiger partial charge in [-0.25, -0.2) is 4.79 Å². The number of epoxide rings is 1. The molecule has 4 saturated carbocycles. The molecule has 4 aliphatic heterocycles. The molecule has 0 spiro atoms. The number of nitrogens with zero attached hydrogens (tertiary/aromatic N) is 2. The molecule has 15 atom stereocenters. The summed E-state index contributed by atoms with van der Waals surface area (Å²) in [5, 5.41) is 53.7. The molecule has 35 nitrogen and oxygen atoms in total.